The normalized spacial score (nSPS) is 15.2. The third-order valence-electron chi connectivity index (χ3n) is 9.52. The van der Waals surface area contributed by atoms with Crippen molar-refractivity contribution in [2.24, 2.45) is 11.7 Å². The fourth-order valence-corrected chi connectivity index (χ4v) is 6.97. The maximum atomic E-state index is 14.0. The number of nitrogens with two attached hydrogens (primary N) is 1. The van der Waals surface area contributed by atoms with Gasteiger partial charge in [-0.15, -0.1) is 0 Å². The van der Waals surface area contributed by atoms with Gasteiger partial charge >= 0.3 is 5.97 Å². The molecule has 2 heterocycles. The van der Waals surface area contributed by atoms with Crippen molar-refractivity contribution in [3.8, 4) is 0 Å². The number of aromatic amines is 2. The van der Waals surface area contributed by atoms with Gasteiger partial charge in [0, 0.05) is 53.9 Å². The van der Waals surface area contributed by atoms with Gasteiger partial charge in [0.25, 0.3) is 0 Å². The number of aliphatic carboxylic acids is 1. The minimum atomic E-state index is -1.68. The second-order valence-corrected chi connectivity index (χ2v) is 17.4. The van der Waals surface area contributed by atoms with E-state index in [0.717, 1.165) is 0 Å². The van der Waals surface area contributed by atoms with E-state index in [9.17, 15) is 53.4 Å². The highest BCUT2D eigenvalue weighted by Crippen LogP contribution is 2.10. The Bertz CT molecular complexity index is 1910. The lowest BCUT2D eigenvalue weighted by Gasteiger charge is -2.27. The van der Waals surface area contributed by atoms with Crippen LogP contribution in [0, 0.1) is 5.92 Å². The molecule has 28 heteroatoms. The number of hydrogen-bond acceptors (Lipinski definition) is 17. The second-order valence-electron chi connectivity index (χ2n) is 15.3. The van der Waals surface area contributed by atoms with Crippen LogP contribution in [0.5, 0.6) is 0 Å². The average molecular weight is 1000 g/mol. The fraction of sp³-hybridized carbons (Fsp3) is 0.605. The van der Waals surface area contributed by atoms with Crippen LogP contribution in [0.4, 0.5) is 0 Å². The summed E-state index contributed by atoms with van der Waals surface area (Å²) in [6.45, 7) is 3.88. The van der Waals surface area contributed by atoms with E-state index < -0.39 is 114 Å². The van der Waals surface area contributed by atoms with E-state index in [1.54, 1.807) is 13.8 Å². The third-order valence-corrected chi connectivity index (χ3v) is 11.3. The molecule has 9 atom stereocenters. The number of H-pyrrole nitrogens is 2. The van der Waals surface area contributed by atoms with Gasteiger partial charge in [-0.25, -0.2) is 14.8 Å². The highest BCUT2D eigenvalue weighted by molar-refractivity contribution is 7.98. The maximum Gasteiger partial charge on any atom is 0.327 e. The Hall–Kier alpha value is -5.03. The van der Waals surface area contributed by atoms with Crippen molar-refractivity contribution in [1.82, 2.24) is 62.5 Å². The van der Waals surface area contributed by atoms with Crippen LogP contribution in [0.3, 0.4) is 0 Å². The first-order chi connectivity index (χ1) is 31.3. The molecule has 0 saturated heterocycles. The van der Waals surface area contributed by atoms with Gasteiger partial charge in [0.05, 0.1) is 25.3 Å². The number of aliphatic hydroxyl groups is 1. The number of imidazole rings is 2. The van der Waals surface area contributed by atoms with Crippen molar-refractivity contribution < 1.29 is 53.4 Å². The van der Waals surface area contributed by atoms with Crippen molar-refractivity contribution in [3.63, 3.8) is 0 Å². The number of nitrogens with one attached hydrogen (secondary N) is 10. The van der Waals surface area contributed by atoms with Gasteiger partial charge in [0.2, 0.25) is 47.3 Å². The van der Waals surface area contributed by atoms with E-state index >= 15 is 0 Å². The Morgan fingerprint density at radius 1 is 0.606 bits per heavy atom. The lowest BCUT2D eigenvalue weighted by atomic mass is 10.0. The van der Waals surface area contributed by atoms with E-state index in [1.807, 2.05) is 6.26 Å². The van der Waals surface area contributed by atoms with Crippen molar-refractivity contribution in [3.05, 3.63) is 36.4 Å². The average Bonchev–Trinajstić information content (AvgIpc) is 4.01. The van der Waals surface area contributed by atoms with Gasteiger partial charge in [0.15, 0.2) is 0 Å². The topological polar surface area (TPSA) is 374 Å². The summed E-state index contributed by atoms with van der Waals surface area (Å²) in [6.07, 6.45) is 7.31. The SMILES string of the molecule is CSCC[C@H](NC(=O)[C@@H](N)CS)C(=O)N[C@@H](Cc1cnc[nH]1)C(=O)N[C@@H](CC(C)C)C(=O)N[C@@H](CS)C(=O)N[C@@H](CO)C(=O)N[C@@H](Cc1cnc[nH]1)C(=O)N[C@@H](C)C(=O)N[C@@H](CS)C(=O)O. The molecule has 0 saturated carbocycles. The highest BCUT2D eigenvalue weighted by Gasteiger charge is 2.35. The van der Waals surface area contributed by atoms with Crippen LogP contribution in [0.2, 0.25) is 0 Å². The summed E-state index contributed by atoms with van der Waals surface area (Å²) in [5.74, 6) is -8.24. The molecule has 2 aromatic rings. The molecule has 0 radical (unpaired) electrons. The molecular weight excluding hydrogens is 943 g/mol. The number of nitrogens with zero attached hydrogens (tertiary/aromatic N) is 2. The summed E-state index contributed by atoms with van der Waals surface area (Å²) in [4.78, 5) is 132. The molecule has 0 bridgehead atoms. The molecule has 368 valence electrons. The molecule has 2 rings (SSSR count). The van der Waals surface area contributed by atoms with Crippen molar-refractivity contribution in [2.75, 3.05) is 35.9 Å². The standard InChI is InChI=1S/C38H61N13O11S4/c1-18(2)7-24(46-35(58)26(9-21-11-41-17-43-21)47-32(55)23(5-6-66-4)45-31(54)22(39)13-63)34(57)50-28(14-64)37(60)49-27(12-52)36(59)48-25(8-20-10-40-16-42-20)33(56)44-19(3)30(53)51-29(15-65)38(61)62/h10-11,16-19,22-29,52,63-65H,5-9,12-15,39H2,1-4H3,(H,40,42)(H,41,43)(H,44,56)(H,45,54)(H,46,58)(H,47,55)(H,48,59)(H,49,60)(H,50,57)(H,51,53)(H,61,62)/t19-,22-,23-,24-,25-,26-,27-,28-,29-/m0/s1. The van der Waals surface area contributed by atoms with Gasteiger partial charge in [-0.1, -0.05) is 13.8 Å². The number of carbonyl (C=O) groups excluding carboxylic acids is 8. The Kier molecular flexibility index (Phi) is 25.6. The first-order valence-electron chi connectivity index (χ1n) is 20.6. The molecule has 2 aromatic heterocycles. The van der Waals surface area contributed by atoms with Gasteiger partial charge in [-0.2, -0.15) is 49.6 Å². The zero-order valence-electron chi connectivity index (χ0n) is 36.7. The predicted octanol–water partition coefficient (Wildman–Crippen LogP) is -4.19. The maximum absolute atomic E-state index is 14.0. The number of rotatable bonds is 30. The quantitative estimate of drug-likeness (QED) is 0.0330. The van der Waals surface area contributed by atoms with E-state index in [4.69, 9.17) is 5.73 Å². The first-order valence-corrected chi connectivity index (χ1v) is 23.9. The number of amides is 8. The Labute approximate surface area is 401 Å². The van der Waals surface area contributed by atoms with Crippen LogP contribution in [-0.4, -0.2) is 174 Å². The van der Waals surface area contributed by atoms with Crippen LogP contribution >= 0.6 is 49.6 Å². The smallest absolute Gasteiger partial charge is 0.327 e. The summed E-state index contributed by atoms with van der Waals surface area (Å²) < 4.78 is 0. The van der Waals surface area contributed by atoms with Crippen LogP contribution in [-0.2, 0) is 56.0 Å². The van der Waals surface area contributed by atoms with E-state index in [-0.39, 0.29) is 48.9 Å². The Balaban J connectivity index is 2.25. The summed E-state index contributed by atoms with van der Waals surface area (Å²) in [5, 5.41) is 39.3. The van der Waals surface area contributed by atoms with E-state index in [0.29, 0.717) is 17.1 Å². The minimum Gasteiger partial charge on any atom is -0.480 e. The molecule has 14 N–H and O–H groups in total. The number of aliphatic hydroxyl groups excluding tert-OH is 1. The molecule has 0 fully saturated rings. The number of thioether (sulfide) groups is 1. The molecule has 0 aliphatic heterocycles. The van der Waals surface area contributed by atoms with Crippen LogP contribution < -0.4 is 48.3 Å². The summed E-state index contributed by atoms with van der Waals surface area (Å²) in [5.41, 5.74) is 6.65. The lowest BCUT2D eigenvalue weighted by Crippen LogP contribution is -2.61. The molecule has 8 amide bonds. The number of thiol groups is 3. The highest BCUT2D eigenvalue weighted by atomic mass is 32.2. The molecule has 66 heavy (non-hydrogen) atoms. The summed E-state index contributed by atoms with van der Waals surface area (Å²) in [6, 6.07) is -11.8. The van der Waals surface area contributed by atoms with E-state index in [2.05, 4.69) is 100 Å². The molecule has 24 nitrogen and oxygen atoms in total. The van der Waals surface area contributed by atoms with Crippen LogP contribution in [0.25, 0.3) is 0 Å². The van der Waals surface area contributed by atoms with E-state index in [1.165, 1.54) is 43.7 Å². The van der Waals surface area contributed by atoms with Gasteiger partial charge in [-0.05, 0) is 37.7 Å². The molecule has 0 aliphatic carbocycles. The number of hydrogen-bond donors (Lipinski definition) is 16. The molecular formula is C38H61N13O11S4. The molecule has 0 aromatic carbocycles. The summed E-state index contributed by atoms with van der Waals surface area (Å²) >= 11 is 13.6. The van der Waals surface area contributed by atoms with Crippen LogP contribution in [0.1, 0.15) is 45.0 Å². The fourth-order valence-electron chi connectivity index (χ4n) is 5.83. The van der Waals surface area contributed by atoms with Gasteiger partial charge in [0.1, 0.15) is 48.3 Å². The zero-order chi connectivity index (χ0) is 49.5. The van der Waals surface area contributed by atoms with Gasteiger partial charge in [-0.3, -0.25) is 38.4 Å². The third kappa shape index (κ3) is 19.4. The molecule has 0 aliphatic rings. The second kappa shape index (κ2) is 29.6. The number of carbonyl (C=O) groups is 9. The predicted molar refractivity (Wildman–Crippen MR) is 252 cm³/mol. The number of aromatic nitrogens is 4. The molecule has 0 spiro atoms. The first kappa shape index (κ1) is 57.1. The minimum absolute atomic E-state index is 0.0232. The summed E-state index contributed by atoms with van der Waals surface area (Å²) in [7, 11) is 0. The largest absolute Gasteiger partial charge is 0.480 e. The number of carboxylic acids is 1. The zero-order valence-corrected chi connectivity index (χ0v) is 40.2. The van der Waals surface area contributed by atoms with Crippen LogP contribution in [0.15, 0.2) is 25.0 Å². The monoisotopic (exact) mass is 1000 g/mol. The van der Waals surface area contributed by atoms with Gasteiger partial charge < -0.3 is 68.4 Å². The van der Waals surface area contributed by atoms with Crippen molar-refractivity contribution in [2.45, 2.75) is 101 Å². The number of carboxylic acid groups (broad SMARTS) is 1. The van der Waals surface area contributed by atoms with Crippen molar-refractivity contribution in [1.29, 1.82) is 0 Å². The Morgan fingerprint density at radius 2 is 1.03 bits per heavy atom. The van der Waals surface area contributed by atoms with Crippen molar-refractivity contribution >= 4 is 103 Å². The Morgan fingerprint density at radius 3 is 1.48 bits per heavy atom. The lowest BCUT2D eigenvalue weighted by molar-refractivity contribution is -0.141. The molecule has 0 unspecified atom stereocenters.